The molecule has 0 amide bonds. The maximum atomic E-state index is 5.56. The summed E-state index contributed by atoms with van der Waals surface area (Å²) in [7, 11) is 1.64. The Kier molecular flexibility index (Phi) is 8.21. The van der Waals surface area contributed by atoms with Crippen molar-refractivity contribution in [2.45, 2.75) is 33.6 Å². The molecule has 0 bridgehead atoms. The smallest absolute Gasteiger partial charge is 0.195 e. The number of nitrogens with one attached hydrogen (secondary N) is 2. The fourth-order valence-electron chi connectivity index (χ4n) is 2.35. The maximum absolute atomic E-state index is 5.56. The first kappa shape index (κ1) is 20.0. The third-order valence-electron chi connectivity index (χ3n) is 3.62. The van der Waals surface area contributed by atoms with Crippen LogP contribution in [0.5, 0.6) is 11.5 Å². The molecule has 0 radical (unpaired) electrons. The molecule has 1 heterocycles. The van der Waals surface area contributed by atoms with Gasteiger partial charge in [0.1, 0.15) is 0 Å². The quantitative estimate of drug-likeness (QED) is 0.515. The molecule has 1 aromatic carbocycles. The zero-order valence-electron chi connectivity index (χ0n) is 16.0. The summed E-state index contributed by atoms with van der Waals surface area (Å²) in [5.74, 6) is 2.17. The van der Waals surface area contributed by atoms with E-state index in [9.17, 15) is 0 Å². The average Bonchev–Trinajstić information content (AvgIpc) is 3.11. The Labute approximate surface area is 159 Å². The molecule has 0 aliphatic heterocycles. The minimum absolute atomic E-state index is 0.601. The second kappa shape index (κ2) is 10.7. The van der Waals surface area contributed by atoms with Crippen LogP contribution < -0.4 is 20.1 Å². The lowest BCUT2D eigenvalue weighted by Crippen LogP contribution is -2.30. The van der Waals surface area contributed by atoms with Crippen molar-refractivity contribution < 1.29 is 9.47 Å². The van der Waals surface area contributed by atoms with Crippen LogP contribution in [0.25, 0.3) is 0 Å². The summed E-state index contributed by atoms with van der Waals surface area (Å²) in [5.41, 5.74) is 0.896. The minimum atomic E-state index is 0.601. The Morgan fingerprint density at radius 2 is 2.08 bits per heavy atom. The molecule has 7 heteroatoms. The van der Waals surface area contributed by atoms with Gasteiger partial charge < -0.3 is 20.1 Å². The Balaban J connectivity index is 2.02. The Hall–Kier alpha value is -2.28. The number of anilines is 1. The van der Waals surface area contributed by atoms with E-state index in [1.165, 1.54) is 4.88 Å². The van der Waals surface area contributed by atoms with Gasteiger partial charge in [-0.05, 0) is 32.4 Å². The van der Waals surface area contributed by atoms with E-state index in [0.29, 0.717) is 18.9 Å². The van der Waals surface area contributed by atoms with E-state index in [4.69, 9.17) is 9.47 Å². The van der Waals surface area contributed by atoms with Crippen LogP contribution >= 0.6 is 11.3 Å². The number of ether oxygens (including phenoxy) is 2. The number of guanidine groups is 1. The number of thiazole rings is 1. The first-order valence-corrected chi connectivity index (χ1v) is 9.81. The number of aryl methyl sites for hydroxylation is 1. The molecule has 0 aliphatic rings. The summed E-state index contributed by atoms with van der Waals surface area (Å²) in [6, 6.07) is 5.76. The molecule has 0 saturated carbocycles. The van der Waals surface area contributed by atoms with Crippen LogP contribution in [0.4, 0.5) is 5.69 Å². The van der Waals surface area contributed by atoms with Gasteiger partial charge in [0, 0.05) is 42.3 Å². The Bertz CT molecular complexity index is 715. The molecule has 0 aliphatic carbocycles. The van der Waals surface area contributed by atoms with Crippen molar-refractivity contribution in [3.63, 3.8) is 0 Å². The van der Waals surface area contributed by atoms with Crippen molar-refractivity contribution in [1.29, 1.82) is 0 Å². The summed E-state index contributed by atoms with van der Waals surface area (Å²) in [6.45, 7) is 8.21. The summed E-state index contributed by atoms with van der Waals surface area (Å²) in [5, 5.41) is 7.70. The highest BCUT2D eigenvalue weighted by Gasteiger charge is 2.07. The fourth-order valence-corrected chi connectivity index (χ4v) is 3.21. The van der Waals surface area contributed by atoms with Gasteiger partial charge in [-0.15, -0.1) is 11.3 Å². The molecule has 2 rings (SSSR count). The molecule has 2 N–H and O–H groups in total. The van der Waals surface area contributed by atoms with Gasteiger partial charge in [-0.2, -0.15) is 0 Å². The molecular formula is C19H28N4O2S. The predicted octanol–water partition coefficient (Wildman–Crippen LogP) is 3.73. The van der Waals surface area contributed by atoms with Gasteiger partial charge in [0.2, 0.25) is 0 Å². The van der Waals surface area contributed by atoms with E-state index in [2.05, 4.69) is 27.5 Å². The van der Waals surface area contributed by atoms with Crippen LogP contribution in [0.15, 0.2) is 29.4 Å². The predicted molar refractivity (Wildman–Crippen MR) is 109 cm³/mol. The SMILES string of the molecule is CCNC(=NCCc1ncc(CC)s1)Nc1ccc(OCC)c(OC)c1. The second-order valence-corrected chi connectivity index (χ2v) is 6.71. The highest BCUT2D eigenvalue weighted by Crippen LogP contribution is 2.30. The number of hydrogen-bond donors (Lipinski definition) is 2. The van der Waals surface area contributed by atoms with Crippen molar-refractivity contribution in [2.75, 3.05) is 32.1 Å². The fraction of sp³-hybridized carbons (Fsp3) is 0.474. The zero-order chi connectivity index (χ0) is 18.8. The third-order valence-corrected chi connectivity index (χ3v) is 4.82. The molecular weight excluding hydrogens is 348 g/mol. The van der Waals surface area contributed by atoms with Crippen molar-refractivity contribution in [1.82, 2.24) is 10.3 Å². The first-order valence-electron chi connectivity index (χ1n) is 8.99. The third kappa shape index (κ3) is 5.91. The first-order chi connectivity index (χ1) is 12.7. The summed E-state index contributed by atoms with van der Waals surface area (Å²) in [4.78, 5) is 10.4. The number of hydrogen-bond acceptors (Lipinski definition) is 5. The van der Waals surface area contributed by atoms with Crippen molar-refractivity contribution in [3.05, 3.63) is 34.3 Å². The van der Waals surface area contributed by atoms with Gasteiger partial charge in [-0.25, -0.2) is 4.98 Å². The van der Waals surface area contributed by atoms with Crippen LogP contribution in [0.2, 0.25) is 0 Å². The molecule has 6 nitrogen and oxygen atoms in total. The molecule has 2 aromatic rings. The van der Waals surface area contributed by atoms with E-state index >= 15 is 0 Å². The number of benzene rings is 1. The lowest BCUT2D eigenvalue weighted by Gasteiger charge is -2.14. The van der Waals surface area contributed by atoms with Crippen LogP contribution in [0.1, 0.15) is 30.7 Å². The number of aliphatic imine (C=N–C) groups is 1. The number of aromatic nitrogens is 1. The summed E-state index contributed by atoms with van der Waals surface area (Å²) >= 11 is 1.76. The highest BCUT2D eigenvalue weighted by molar-refractivity contribution is 7.11. The number of methoxy groups -OCH3 is 1. The maximum Gasteiger partial charge on any atom is 0.195 e. The summed E-state index contributed by atoms with van der Waals surface area (Å²) in [6.07, 6.45) is 3.83. The summed E-state index contributed by atoms with van der Waals surface area (Å²) < 4.78 is 11.0. The van der Waals surface area contributed by atoms with Crippen molar-refractivity contribution >= 4 is 23.0 Å². The van der Waals surface area contributed by atoms with Gasteiger partial charge >= 0.3 is 0 Å². The lowest BCUT2D eigenvalue weighted by molar-refractivity contribution is 0.311. The lowest BCUT2D eigenvalue weighted by atomic mass is 10.2. The minimum Gasteiger partial charge on any atom is -0.493 e. The van der Waals surface area contributed by atoms with E-state index in [1.807, 2.05) is 38.2 Å². The van der Waals surface area contributed by atoms with Crippen LogP contribution in [-0.4, -0.2) is 37.7 Å². The monoisotopic (exact) mass is 376 g/mol. The standard InChI is InChI=1S/C19H28N4O2S/c1-5-15-13-22-18(26-15)10-11-21-19(20-6-2)23-14-8-9-16(25-7-3)17(12-14)24-4/h8-9,12-13H,5-7,10-11H2,1-4H3,(H2,20,21,23). The van der Waals surface area contributed by atoms with Gasteiger partial charge in [0.15, 0.2) is 17.5 Å². The molecule has 0 unspecified atom stereocenters. The van der Waals surface area contributed by atoms with Gasteiger partial charge in [0.25, 0.3) is 0 Å². The molecule has 26 heavy (non-hydrogen) atoms. The van der Waals surface area contributed by atoms with Crippen molar-refractivity contribution in [2.24, 2.45) is 4.99 Å². The molecule has 0 saturated heterocycles. The van der Waals surface area contributed by atoms with E-state index in [1.54, 1.807) is 18.4 Å². The molecule has 0 spiro atoms. The van der Waals surface area contributed by atoms with E-state index < -0.39 is 0 Å². The second-order valence-electron chi connectivity index (χ2n) is 5.51. The molecule has 142 valence electrons. The largest absolute Gasteiger partial charge is 0.493 e. The van der Waals surface area contributed by atoms with Crippen LogP contribution in [-0.2, 0) is 12.8 Å². The molecule has 1 aromatic heterocycles. The Morgan fingerprint density at radius 3 is 2.73 bits per heavy atom. The number of rotatable bonds is 9. The highest BCUT2D eigenvalue weighted by atomic mass is 32.1. The normalized spacial score (nSPS) is 11.3. The average molecular weight is 377 g/mol. The zero-order valence-corrected chi connectivity index (χ0v) is 16.8. The van der Waals surface area contributed by atoms with E-state index in [-0.39, 0.29) is 0 Å². The van der Waals surface area contributed by atoms with Crippen LogP contribution in [0, 0.1) is 0 Å². The van der Waals surface area contributed by atoms with Gasteiger partial charge in [-0.3, -0.25) is 4.99 Å². The number of nitrogens with zero attached hydrogens (tertiary/aromatic N) is 2. The van der Waals surface area contributed by atoms with Gasteiger partial charge in [0.05, 0.1) is 18.7 Å². The van der Waals surface area contributed by atoms with Gasteiger partial charge in [-0.1, -0.05) is 6.92 Å². The van der Waals surface area contributed by atoms with Crippen molar-refractivity contribution in [3.8, 4) is 11.5 Å². The van der Waals surface area contributed by atoms with E-state index in [0.717, 1.165) is 41.8 Å². The topological polar surface area (TPSA) is 67.8 Å². The molecule has 0 atom stereocenters. The Morgan fingerprint density at radius 1 is 1.23 bits per heavy atom. The molecule has 0 fully saturated rings. The van der Waals surface area contributed by atoms with Crippen LogP contribution in [0.3, 0.4) is 0 Å².